The van der Waals surface area contributed by atoms with Crippen molar-refractivity contribution in [2.75, 3.05) is 26.2 Å². The third-order valence-corrected chi connectivity index (χ3v) is 6.99. The molecule has 0 aromatic heterocycles. The number of piperidine rings is 1. The van der Waals surface area contributed by atoms with Gasteiger partial charge in [-0.25, -0.2) is 0 Å². The van der Waals surface area contributed by atoms with Gasteiger partial charge in [0.05, 0.1) is 6.04 Å². The van der Waals surface area contributed by atoms with Gasteiger partial charge < -0.3 is 10.0 Å². The third-order valence-electron chi connectivity index (χ3n) is 6.99. The van der Waals surface area contributed by atoms with E-state index in [0.29, 0.717) is 12.0 Å². The summed E-state index contributed by atoms with van der Waals surface area (Å²) < 4.78 is 0. The summed E-state index contributed by atoms with van der Waals surface area (Å²) in [4.78, 5) is 27.9. The van der Waals surface area contributed by atoms with Crippen molar-refractivity contribution in [1.29, 1.82) is 0 Å². The first-order valence-electron chi connectivity index (χ1n) is 10.4. The maximum atomic E-state index is 12.9. The van der Waals surface area contributed by atoms with Crippen LogP contribution in [0.1, 0.15) is 49.7 Å². The lowest BCUT2D eigenvalue weighted by atomic mass is 9.66. The number of aryl methyl sites for hydroxylation is 1. The van der Waals surface area contributed by atoms with E-state index in [4.69, 9.17) is 5.11 Å². The van der Waals surface area contributed by atoms with Gasteiger partial charge in [0.1, 0.15) is 6.54 Å². The Kier molecular flexibility index (Phi) is 5.22. The van der Waals surface area contributed by atoms with E-state index >= 15 is 0 Å². The fraction of sp³-hybridized carbons (Fsp3) is 0.636. The molecule has 1 unspecified atom stereocenters. The van der Waals surface area contributed by atoms with Crippen LogP contribution in [0.3, 0.4) is 0 Å². The first kappa shape index (κ1) is 18.5. The molecule has 1 aromatic carbocycles. The van der Waals surface area contributed by atoms with Gasteiger partial charge in [-0.15, -0.1) is 0 Å². The van der Waals surface area contributed by atoms with E-state index < -0.39 is 5.97 Å². The first-order chi connectivity index (χ1) is 13.1. The number of rotatable bonds is 3. The van der Waals surface area contributed by atoms with Gasteiger partial charge in [-0.2, -0.15) is 0 Å². The molecular weight excluding hydrogens is 340 g/mol. The molecule has 2 heterocycles. The highest BCUT2D eigenvalue weighted by atomic mass is 16.4. The summed E-state index contributed by atoms with van der Waals surface area (Å²) >= 11 is 0. The number of hydrogen-bond acceptors (Lipinski definition) is 3. The van der Waals surface area contributed by atoms with Crippen molar-refractivity contribution in [3.05, 3.63) is 35.4 Å². The fourth-order valence-electron chi connectivity index (χ4n) is 5.35. The van der Waals surface area contributed by atoms with Crippen molar-refractivity contribution in [2.24, 2.45) is 5.41 Å². The predicted molar refractivity (Wildman–Crippen MR) is 104 cm³/mol. The zero-order valence-corrected chi connectivity index (χ0v) is 16.0. The third kappa shape index (κ3) is 3.88. The summed E-state index contributed by atoms with van der Waals surface area (Å²) in [6, 6.07) is 8.70. The maximum Gasteiger partial charge on any atom is 0.323 e. The maximum absolute atomic E-state index is 12.9. The number of amides is 1. The molecule has 27 heavy (non-hydrogen) atoms. The fourth-order valence-corrected chi connectivity index (χ4v) is 5.35. The molecule has 0 radical (unpaired) electrons. The monoisotopic (exact) mass is 370 g/mol. The summed E-state index contributed by atoms with van der Waals surface area (Å²) in [6.45, 7) is 2.33. The van der Waals surface area contributed by atoms with Gasteiger partial charge in [-0.05, 0) is 81.0 Å². The molecule has 4 rings (SSSR count). The molecule has 0 bridgehead atoms. The molecule has 0 saturated carbocycles. The largest absolute Gasteiger partial charge is 0.480 e. The van der Waals surface area contributed by atoms with Crippen LogP contribution in [0, 0.1) is 5.41 Å². The first-order valence-corrected chi connectivity index (χ1v) is 10.4. The highest BCUT2D eigenvalue weighted by molar-refractivity contribution is 5.85. The van der Waals surface area contributed by atoms with Crippen molar-refractivity contribution in [3.63, 3.8) is 0 Å². The van der Waals surface area contributed by atoms with Gasteiger partial charge in [0.25, 0.3) is 0 Å². The molecule has 3 aliphatic rings. The highest BCUT2D eigenvalue weighted by Crippen LogP contribution is 2.44. The zero-order chi connectivity index (χ0) is 18.9. The minimum Gasteiger partial charge on any atom is -0.480 e. The number of carbonyl (C=O) groups is 2. The minimum absolute atomic E-state index is 0.0276. The highest BCUT2D eigenvalue weighted by Gasteiger charge is 2.41. The number of aliphatic carboxylic acids is 1. The summed E-state index contributed by atoms with van der Waals surface area (Å²) in [5.74, 6) is -0.887. The van der Waals surface area contributed by atoms with Gasteiger partial charge >= 0.3 is 5.97 Å². The molecule has 5 heteroatoms. The predicted octanol–water partition coefficient (Wildman–Crippen LogP) is 2.72. The lowest BCUT2D eigenvalue weighted by Crippen LogP contribution is -2.53. The lowest BCUT2D eigenvalue weighted by Gasteiger charge is -2.46. The summed E-state index contributed by atoms with van der Waals surface area (Å²) in [7, 11) is 0. The van der Waals surface area contributed by atoms with Crippen LogP contribution in [0.5, 0.6) is 0 Å². The summed E-state index contributed by atoms with van der Waals surface area (Å²) in [5.41, 5.74) is 3.41. The van der Waals surface area contributed by atoms with Gasteiger partial charge in [0.2, 0.25) is 5.91 Å². The van der Waals surface area contributed by atoms with E-state index in [9.17, 15) is 9.59 Å². The van der Waals surface area contributed by atoms with Crippen molar-refractivity contribution >= 4 is 11.9 Å². The number of carboxylic acid groups (broad SMARTS) is 1. The standard InChI is InChI=1S/C22H30N2O3/c25-20(26)16-24-12-4-3-7-19(21(24)27)23-13-10-22(11-14-23)9-8-17-5-1-2-6-18(17)15-22/h1-2,5-6,19H,3-4,7-16H2,(H,25,26). The molecule has 1 aromatic rings. The Balaban J connectivity index is 1.41. The van der Waals surface area contributed by atoms with E-state index in [1.807, 2.05) is 0 Å². The molecular formula is C22H30N2O3. The number of fused-ring (bicyclic) bond motifs is 1. The number of carboxylic acids is 1. The smallest absolute Gasteiger partial charge is 0.323 e. The molecule has 2 saturated heterocycles. The molecule has 2 fully saturated rings. The van der Waals surface area contributed by atoms with Gasteiger partial charge in [-0.3, -0.25) is 14.5 Å². The average Bonchev–Trinajstić information content (AvgIpc) is 2.84. The van der Waals surface area contributed by atoms with E-state index in [2.05, 4.69) is 29.2 Å². The van der Waals surface area contributed by atoms with Crippen molar-refractivity contribution < 1.29 is 14.7 Å². The molecule has 1 atom stereocenters. The number of likely N-dealkylation sites (tertiary alicyclic amines) is 2. The second-order valence-electron chi connectivity index (χ2n) is 8.65. The van der Waals surface area contributed by atoms with E-state index in [1.165, 1.54) is 30.4 Å². The van der Waals surface area contributed by atoms with Crippen molar-refractivity contribution in [1.82, 2.24) is 9.80 Å². The minimum atomic E-state index is -0.914. The normalized spacial score (nSPS) is 25.9. The summed E-state index contributed by atoms with van der Waals surface area (Å²) in [6.07, 6.45) is 8.65. The van der Waals surface area contributed by atoms with Crippen LogP contribution in [-0.4, -0.2) is 59.0 Å². The molecule has 146 valence electrons. The quantitative estimate of drug-likeness (QED) is 0.889. The summed E-state index contributed by atoms with van der Waals surface area (Å²) in [5, 5.41) is 9.11. The Morgan fingerprint density at radius 2 is 1.81 bits per heavy atom. The Morgan fingerprint density at radius 3 is 2.56 bits per heavy atom. The molecule has 1 amide bonds. The van der Waals surface area contributed by atoms with Gasteiger partial charge in [0, 0.05) is 6.54 Å². The number of nitrogens with zero attached hydrogens (tertiary/aromatic N) is 2. The van der Waals surface area contributed by atoms with E-state index in [1.54, 1.807) is 4.90 Å². The average molecular weight is 370 g/mol. The van der Waals surface area contributed by atoms with Crippen molar-refractivity contribution in [2.45, 2.75) is 57.4 Å². The van der Waals surface area contributed by atoms with Crippen LogP contribution in [0.25, 0.3) is 0 Å². The van der Waals surface area contributed by atoms with Gasteiger partial charge in [0.15, 0.2) is 0 Å². The molecule has 1 spiro atoms. The molecule has 1 N–H and O–H groups in total. The second kappa shape index (κ2) is 7.63. The molecule has 5 nitrogen and oxygen atoms in total. The Bertz CT molecular complexity index is 709. The van der Waals surface area contributed by atoms with Crippen LogP contribution in [-0.2, 0) is 22.4 Å². The Labute approximate surface area is 161 Å². The molecule has 2 aliphatic heterocycles. The SMILES string of the molecule is O=C(O)CN1CCCCC(N2CCC3(CCc4ccccc4C3)CC2)C1=O. The number of hydrogen-bond donors (Lipinski definition) is 1. The van der Waals surface area contributed by atoms with Crippen molar-refractivity contribution in [3.8, 4) is 0 Å². The Hall–Kier alpha value is -1.88. The lowest BCUT2D eigenvalue weighted by molar-refractivity contribution is -0.147. The molecule has 1 aliphatic carbocycles. The van der Waals surface area contributed by atoms with Crippen LogP contribution in [0.2, 0.25) is 0 Å². The topological polar surface area (TPSA) is 60.9 Å². The zero-order valence-electron chi connectivity index (χ0n) is 16.0. The van der Waals surface area contributed by atoms with Crippen LogP contribution < -0.4 is 0 Å². The van der Waals surface area contributed by atoms with Crippen LogP contribution in [0.4, 0.5) is 0 Å². The Morgan fingerprint density at radius 1 is 1.07 bits per heavy atom. The van der Waals surface area contributed by atoms with Gasteiger partial charge in [-0.1, -0.05) is 24.3 Å². The van der Waals surface area contributed by atoms with Crippen LogP contribution in [0.15, 0.2) is 24.3 Å². The van der Waals surface area contributed by atoms with E-state index in [0.717, 1.165) is 45.2 Å². The second-order valence-corrected chi connectivity index (χ2v) is 8.65. The van der Waals surface area contributed by atoms with E-state index in [-0.39, 0.29) is 18.5 Å². The van der Waals surface area contributed by atoms with Crippen LogP contribution >= 0.6 is 0 Å². The number of benzene rings is 1. The number of carbonyl (C=O) groups excluding carboxylic acids is 1.